The number of aromatic carboxylic acids is 1. The maximum absolute atomic E-state index is 13.3. The molecule has 0 bridgehead atoms. The lowest BCUT2D eigenvalue weighted by molar-refractivity contribution is -0.137. The first-order valence-electron chi connectivity index (χ1n) is 10.8. The summed E-state index contributed by atoms with van der Waals surface area (Å²) in [5.41, 5.74) is 0.526. The zero-order valence-electron chi connectivity index (χ0n) is 18.4. The minimum Gasteiger partial charge on any atom is -0.492 e. The zero-order chi connectivity index (χ0) is 25.0. The highest BCUT2D eigenvalue weighted by Crippen LogP contribution is 2.38. The van der Waals surface area contributed by atoms with Crippen molar-refractivity contribution >= 4 is 28.3 Å². The maximum Gasteiger partial charge on any atom is 0.417 e. The minimum absolute atomic E-state index is 0.0928. The Hall–Kier alpha value is -3.55. The SMILES string of the molecule is O=C(O)c1cc(OCCNCc2cccc3ccccc23)cc(-c2ccc(Cl)c(C(F)(F)F)c2)c1. The number of halogens is 4. The van der Waals surface area contributed by atoms with Crippen LogP contribution in [0.4, 0.5) is 13.2 Å². The largest absolute Gasteiger partial charge is 0.492 e. The fraction of sp³-hybridized carbons (Fsp3) is 0.148. The van der Waals surface area contributed by atoms with E-state index in [2.05, 4.69) is 11.4 Å². The van der Waals surface area contributed by atoms with Crippen LogP contribution in [0.5, 0.6) is 5.75 Å². The van der Waals surface area contributed by atoms with Gasteiger partial charge in [-0.2, -0.15) is 13.2 Å². The van der Waals surface area contributed by atoms with Gasteiger partial charge in [-0.05, 0) is 57.8 Å². The summed E-state index contributed by atoms with van der Waals surface area (Å²) < 4.78 is 45.5. The first-order valence-corrected chi connectivity index (χ1v) is 11.2. The zero-order valence-corrected chi connectivity index (χ0v) is 19.2. The molecule has 4 nitrogen and oxygen atoms in total. The molecule has 0 spiro atoms. The van der Waals surface area contributed by atoms with Gasteiger partial charge < -0.3 is 15.2 Å². The van der Waals surface area contributed by atoms with Gasteiger partial charge in [0.25, 0.3) is 0 Å². The summed E-state index contributed by atoms with van der Waals surface area (Å²) in [6, 6.07) is 21.8. The number of carbonyl (C=O) groups is 1. The van der Waals surface area contributed by atoms with Crippen molar-refractivity contribution < 1.29 is 27.8 Å². The molecule has 0 aliphatic heterocycles. The van der Waals surface area contributed by atoms with Gasteiger partial charge in [0.1, 0.15) is 12.4 Å². The summed E-state index contributed by atoms with van der Waals surface area (Å²) in [5, 5.41) is 14.6. The van der Waals surface area contributed by atoms with E-state index >= 15 is 0 Å². The Morgan fingerprint density at radius 2 is 1.71 bits per heavy atom. The summed E-state index contributed by atoms with van der Waals surface area (Å²) in [5.74, 6) is -0.967. The molecule has 0 atom stereocenters. The van der Waals surface area contributed by atoms with E-state index in [9.17, 15) is 23.1 Å². The number of ether oxygens (including phenoxy) is 1. The highest BCUT2D eigenvalue weighted by molar-refractivity contribution is 6.31. The third kappa shape index (κ3) is 5.93. The van der Waals surface area contributed by atoms with E-state index in [1.165, 1.54) is 24.3 Å². The van der Waals surface area contributed by atoms with Crippen molar-refractivity contribution in [3.63, 3.8) is 0 Å². The van der Waals surface area contributed by atoms with E-state index in [-0.39, 0.29) is 29.0 Å². The van der Waals surface area contributed by atoms with Gasteiger partial charge in [0.2, 0.25) is 0 Å². The average molecular weight is 500 g/mol. The van der Waals surface area contributed by atoms with Crippen LogP contribution in [0.3, 0.4) is 0 Å². The van der Waals surface area contributed by atoms with Crippen LogP contribution < -0.4 is 10.1 Å². The number of benzene rings is 4. The molecule has 0 saturated heterocycles. The first-order chi connectivity index (χ1) is 16.7. The van der Waals surface area contributed by atoms with Crippen LogP contribution in [0.25, 0.3) is 21.9 Å². The molecule has 4 aromatic carbocycles. The summed E-state index contributed by atoms with van der Waals surface area (Å²) in [4.78, 5) is 11.6. The summed E-state index contributed by atoms with van der Waals surface area (Å²) in [6.07, 6.45) is -4.63. The van der Waals surface area contributed by atoms with Crippen LogP contribution >= 0.6 is 11.6 Å². The Morgan fingerprint density at radius 3 is 2.49 bits per heavy atom. The molecular formula is C27H21ClF3NO3. The molecule has 0 aliphatic rings. The molecule has 0 fully saturated rings. The third-order valence-corrected chi connectivity index (χ3v) is 5.83. The van der Waals surface area contributed by atoms with Crippen molar-refractivity contribution in [1.82, 2.24) is 5.32 Å². The fourth-order valence-corrected chi connectivity index (χ4v) is 4.03. The van der Waals surface area contributed by atoms with Gasteiger partial charge in [0.05, 0.1) is 16.1 Å². The second-order valence-corrected chi connectivity index (χ2v) is 8.31. The summed E-state index contributed by atoms with van der Waals surface area (Å²) >= 11 is 5.71. The van der Waals surface area contributed by atoms with Gasteiger partial charge in [-0.25, -0.2) is 4.79 Å². The number of hydrogen-bond donors (Lipinski definition) is 2. The van der Waals surface area contributed by atoms with Crippen molar-refractivity contribution in [2.24, 2.45) is 0 Å². The minimum atomic E-state index is -4.63. The number of alkyl halides is 3. The van der Waals surface area contributed by atoms with Crippen LogP contribution in [-0.4, -0.2) is 24.2 Å². The van der Waals surface area contributed by atoms with E-state index in [0.29, 0.717) is 13.1 Å². The number of carboxylic acid groups (broad SMARTS) is 1. The topological polar surface area (TPSA) is 58.6 Å². The molecule has 2 N–H and O–H groups in total. The quantitative estimate of drug-likeness (QED) is 0.255. The molecule has 8 heteroatoms. The van der Waals surface area contributed by atoms with Crippen LogP contribution in [0, 0.1) is 0 Å². The monoisotopic (exact) mass is 499 g/mol. The third-order valence-electron chi connectivity index (χ3n) is 5.50. The lowest BCUT2D eigenvalue weighted by Crippen LogP contribution is -2.20. The number of fused-ring (bicyclic) bond motifs is 1. The highest BCUT2D eigenvalue weighted by atomic mass is 35.5. The van der Waals surface area contributed by atoms with Crippen molar-refractivity contribution in [2.45, 2.75) is 12.7 Å². The lowest BCUT2D eigenvalue weighted by atomic mass is 10.0. The van der Waals surface area contributed by atoms with Gasteiger partial charge in [-0.15, -0.1) is 0 Å². The number of hydrogen-bond acceptors (Lipinski definition) is 3. The molecule has 0 radical (unpaired) electrons. The average Bonchev–Trinajstić information content (AvgIpc) is 2.83. The van der Waals surface area contributed by atoms with Gasteiger partial charge >= 0.3 is 12.1 Å². The van der Waals surface area contributed by atoms with Crippen LogP contribution in [0.1, 0.15) is 21.5 Å². The second-order valence-electron chi connectivity index (χ2n) is 7.91. The number of rotatable bonds is 8. The van der Waals surface area contributed by atoms with Crippen molar-refractivity contribution in [3.8, 4) is 16.9 Å². The Labute approximate surface area is 204 Å². The predicted octanol–water partition coefficient (Wildman–Crippen LogP) is 7.05. The highest BCUT2D eigenvalue weighted by Gasteiger charge is 2.33. The van der Waals surface area contributed by atoms with Gasteiger partial charge in [0, 0.05) is 13.1 Å². The summed E-state index contributed by atoms with van der Waals surface area (Å²) in [7, 11) is 0. The second kappa shape index (κ2) is 10.4. The Bertz CT molecular complexity index is 1370. The smallest absolute Gasteiger partial charge is 0.417 e. The molecule has 0 unspecified atom stereocenters. The molecule has 0 aliphatic carbocycles. The summed E-state index contributed by atoms with van der Waals surface area (Å²) in [6.45, 7) is 1.34. The van der Waals surface area contributed by atoms with E-state index in [1.54, 1.807) is 0 Å². The van der Waals surface area contributed by atoms with Crippen LogP contribution in [0.15, 0.2) is 78.9 Å². The Kier molecular flexibility index (Phi) is 7.28. The van der Waals surface area contributed by atoms with Gasteiger partial charge in [-0.3, -0.25) is 0 Å². The lowest BCUT2D eigenvalue weighted by Gasteiger charge is -2.13. The molecule has 180 valence electrons. The maximum atomic E-state index is 13.3. The van der Waals surface area contributed by atoms with Crippen molar-refractivity contribution in [3.05, 3.63) is 101 Å². The molecular weight excluding hydrogens is 479 g/mol. The van der Waals surface area contributed by atoms with Crippen molar-refractivity contribution in [2.75, 3.05) is 13.2 Å². The van der Waals surface area contributed by atoms with E-state index in [0.717, 1.165) is 28.5 Å². The Balaban J connectivity index is 1.46. The van der Waals surface area contributed by atoms with Crippen LogP contribution in [0.2, 0.25) is 5.02 Å². The molecule has 0 amide bonds. The normalized spacial score (nSPS) is 11.5. The van der Waals surface area contributed by atoms with Crippen LogP contribution in [-0.2, 0) is 12.7 Å². The Morgan fingerprint density at radius 1 is 0.943 bits per heavy atom. The molecule has 0 aromatic heterocycles. The van der Waals surface area contributed by atoms with E-state index in [4.69, 9.17) is 16.3 Å². The van der Waals surface area contributed by atoms with Gasteiger partial charge in [-0.1, -0.05) is 60.1 Å². The number of carboxylic acids is 1. The van der Waals surface area contributed by atoms with Crippen molar-refractivity contribution in [1.29, 1.82) is 0 Å². The standard InChI is InChI=1S/C27H21ClF3NO3/c28-25-9-8-18(15-24(25)27(29,30)31)20-12-21(26(33)34)14-22(13-20)35-11-10-32-16-19-6-3-5-17-4-1-2-7-23(17)19/h1-9,12-15,32H,10-11,16H2,(H,33,34). The molecule has 4 aromatic rings. The van der Waals surface area contributed by atoms with E-state index in [1.807, 2.05) is 36.4 Å². The fourth-order valence-electron chi connectivity index (χ4n) is 3.81. The van der Waals surface area contributed by atoms with E-state index < -0.39 is 22.7 Å². The number of nitrogens with one attached hydrogen (secondary N) is 1. The molecule has 4 rings (SSSR count). The molecule has 0 saturated carbocycles. The molecule has 35 heavy (non-hydrogen) atoms. The first kappa shape index (κ1) is 24.6. The molecule has 0 heterocycles. The predicted molar refractivity (Wildman–Crippen MR) is 130 cm³/mol. The van der Waals surface area contributed by atoms with Gasteiger partial charge in [0.15, 0.2) is 0 Å².